The lowest BCUT2D eigenvalue weighted by molar-refractivity contribution is 0.0695. The highest BCUT2D eigenvalue weighted by molar-refractivity contribution is 9.10. The number of pyridine rings is 1. The third-order valence-electron chi connectivity index (χ3n) is 2.73. The molecule has 2 aromatic rings. The SMILES string of the molecule is Cc1ncccc1NS(=O)(=O)c1ccc(Br)c(C(=O)O)c1. The summed E-state index contributed by atoms with van der Waals surface area (Å²) in [6.07, 6.45) is 1.55. The summed E-state index contributed by atoms with van der Waals surface area (Å²) in [6, 6.07) is 6.99. The maximum Gasteiger partial charge on any atom is 0.336 e. The first-order chi connectivity index (χ1) is 9.81. The van der Waals surface area contributed by atoms with E-state index in [2.05, 4.69) is 25.6 Å². The number of aromatic nitrogens is 1. The number of nitrogens with one attached hydrogen (secondary N) is 1. The number of carbonyl (C=O) groups is 1. The second kappa shape index (κ2) is 5.82. The van der Waals surface area contributed by atoms with Gasteiger partial charge in [0.15, 0.2) is 0 Å². The minimum Gasteiger partial charge on any atom is -0.478 e. The molecule has 0 spiro atoms. The lowest BCUT2D eigenvalue weighted by Crippen LogP contribution is -2.15. The van der Waals surface area contributed by atoms with Crippen molar-refractivity contribution >= 4 is 37.6 Å². The van der Waals surface area contributed by atoms with Crippen LogP contribution in [0.1, 0.15) is 16.1 Å². The largest absolute Gasteiger partial charge is 0.478 e. The molecule has 0 amide bonds. The van der Waals surface area contributed by atoms with Crippen LogP contribution in [0.15, 0.2) is 45.9 Å². The molecule has 0 atom stereocenters. The van der Waals surface area contributed by atoms with Gasteiger partial charge in [0.2, 0.25) is 0 Å². The van der Waals surface area contributed by atoms with E-state index in [0.29, 0.717) is 15.9 Å². The number of sulfonamides is 1. The predicted molar refractivity (Wildman–Crippen MR) is 80.9 cm³/mol. The quantitative estimate of drug-likeness (QED) is 0.862. The molecule has 0 unspecified atom stereocenters. The number of carboxylic acid groups (broad SMARTS) is 1. The van der Waals surface area contributed by atoms with Crippen LogP contribution in [-0.4, -0.2) is 24.5 Å². The van der Waals surface area contributed by atoms with E-state index < -0.39 is 16.0 Å². The Morgan fingerprint density at radius 2 is 2.05 bits per heavy atom. The number of anilines is 1. The second-order valence-electron chi connectivity index (χ2n) is 4.19. The first-order valence-corrected chi connectivity index (χ1v) is 8.06. The molecule has 0 radical (unpaired) electrons. The smallest absolute Gasteiger partial charge is 0.336 e. The molecule has 2 N–H and O–H groups in total. The first-order valence-electron chi connectivity index (χ1n) is 5.78. The summed E-state index contributed by atoms with van der Waals surface area (Å²) in [5.41, 5.74) is 0.745. The Morgan fingerprint density at radius 1 is 1.33 bits per heavy atom. The van der Waals surface area contributed by atoms with E-state index in [-0.39, 0.29) is 10.5 Å². The highest BCUT2D eigenvalue weighted by Gasteiger charge is 2.19. The minimum atomic E-state index is -3.88. The fourth-order valence-corrected chi connectivity index (χ4v) is 3.19. The van der Waals surface area contributed by atoms with E-state index in [0.717, 1.165) is 6.07 Å². The van der Waals surface area contributed by atoms with Crippen molar-refractivity contribution in [3.8, 4) is 0 Å². The molecule has 0 fully saturated rings. The Morgan fingerprint density at radius 3 is 2.67 bits per heavy atom. The van der Waals surface area contributed by atoms with Crippen molar-refractivity contribution in [3.05, 3.63) is 52.3 Å². The number of halogens is 1. The molecule has 21 heavy (non-hydrogen) atoms. The van der Waals surface area contributed by atoms with Gasteiger partial charge in [-0.25, -0.2) is 13.2 Å². The van der Waals surface area contributed by atoms with Crippen molar-refractivity contribution in [2.45, 2.75) is 11.8 Å². The van der Waals surface area contributed by atoms with Crippen LogP contribution < -0.4 is 4.72 Å². The van der Waals surface area contributed by atoms with Crippen molar-refractivity contribution in [1.82, 2.24) is 4.98 Å². The average molecular weight is 371 g/mol. The molecule has 1 heterocycles. The topological polar surface area (TPSA) is 96.4 Å². The number of benzene rings is 1. The molecule has 110 valence electrons. The zero-order valence-corrected chi connectivity index (χ0v) is 13.3. The molecule has 2 rings (SSSR count). The van der Waals surface area contributed by atoms with Crippen molar-refractivity contribution in [1.29, 1.82) is 0 Å². The van der Waals surface area contributed by atoms with Gasteiger partial charge in [-0.2, -0.15) is 0 Å². The Balaban J connectivity index is 2.43. The average Bonchev–Trinajstić information content (AvgIpc) is 2.41. The number of carboxylic acids is 1. The van der Waals surface area contributed by atoms with Crippen LogP contribution in [0, 0.1) is 6.92 Å². The maximum atomic E-state index is 12.3. The van der Waals surface area contributed by atoms with Crippen molar-refractivity contribution in [3.63, 3.8) is 0 Å². The van der Waals surface area contributed by atoms with Gasteiger partial charge < -0.3 is 5.11 Å². The zero-order chi connectivity index (χ0) is 15.6. The molecule has 0 bridgehead atoms. The van der Waals surface area contributed by atoms with Gasteiger partial charge >= 0.3 is 5.97 Å². The summed E-state index contributed by atoms with van der Waals surface area (Å²) in [6.45, 7) is 1.67. The van der Waals surface area contributed by atoms with Crippen LogP contribution in [0.25, 0.3) is 0 Å². The van der Waals surface area contributed by atoms with Crippen LogP contribution >= 0.6 is 15.9 Å². The van der Waals surface area contributed by atoms with E-state index in [1.807, 2.05) is 0 Å². The van der Waals surface area contributed by atoms with Crippen molar-refractivity contribution in [2.24, 2.45) is 0 Å². The zero-order valence-electron chi connectivity index (χ0n) is 10.9. The summed E-state index contributed by atoms with van der Waals surface area (Å²) in [7, 11) is -3.88. The Kier molecular flexibility index (Phi) is 4.29. The molecule has 0 aliphatic carbocycles. The number of aryl methyl sites for hydroxylation is 1. The van der Waals surface area contributed by atoms with Gasteiger partial charge in [0.1, 0.15) is 0 Å². The number of rotatable bonds is 4. The van der Waals surface area contributed by atoms with E-state index in [1.165, 1.54) is 12.1 Å². The molecule has 0 aliphatic heterocycles. The summed E-state index contributed by atoms with van der Waals surface area (Å²) in [5.74, 6) is -1.21. The maximum absolute atomic E-state index is 12.3. The number of hydrogen-bond donors (Lipinski definition) is 2. The summed E-state index contributed by atoms with van der Waals surface area (Å²) < 4.78 is 27.3. The summed E-state index contributed by atoms with van der Waals surface area (Å²) >= 11 is 3.07. The van der Waals surface area contributed by atoms with Crippen LogP contribution in [0.2, 0.25) is 0 Å². The van der Waals surface area contributed by atoms with Crippen molar-refractivity contribution < 1.29 is 18.3 Å². The number of hydrogen-bond acceptors (Lipinski definition) is 4. The third kappa shape index (κ3) is 3.40. The van der Waals surface area contributed by atoms with Gasteiger partial charge in [0, 0.05) is 10.7 Å². The van der Waals surface area contributed by atoms with Gasteiger partial charge in [-0.15, -0.1) is 0 Å². The highest BCUT2D eigenvalue weighted by atomic mass is 79.9. The van der Waals surface area contributed by atoms with Crippen molar-refractivity contribution in [2.75, 3.05) is 4.72 Å². The predicted octanol–water partition coefficient (Wildman–Crippen LogP) is 2.65. The van der Waals surface area contributed by atoms with E-state index >= 15 is 0 Å². The highest BCUT2D eigenvalue weighted by Crippen LogP contribution is 2.23. The first kappa shape index (κ1) is 15.5. The minimum absolute atomic E-state index is 0.124. The summed E-state index contributed by atoms with van der Waals surface area (Å²) in [5, 5.41) is 9.03. The Hall–Kier alpha value is -1.93. The van der Waals surface area contributed by atoms with E-state index in [9.17, 15) is 13.2 Å². The van der Waals surface area contributed by atoms with Gasteiger partial charge in [0.05, 0.1) is 21.8 Å². The lowest BCUT2D eigenvalue weighted by atomic mass is 10.2. The monoisotopic (exact) mass is 370 g/mol. The molecule has 8 heteroatoms. The van der Waals surface area contributed by atoms with Crippen LogP contribution in [0.3, 0.4) is 0 Å². The fourth-order valence-electron chi connectivity index (χ4n) is 1.63. The molecule has 0 aliphatic rings. The standard InChI is InChI=1S/C13H11BrN2O4S/c1-8-12(3-2-6-15-8)16-21(19,20)9-4-5-11(14)10(7-9)13(17)18/h2-7,16H,1H3,(H,17,18). The molecule has 1 aromatic heterocycles. The normalized spacial score (nSPS) is 11.1. The number of aromatic carboxylic acids is 1. The van der Waals surface area contributed by atoms with Crippen LogP contribution in [0.5, 0.6) is 0 Å². The van der Waals surface area contributed by atoms with Gasteiger partial charge in [-0.1, -0.05) is 0 Å². The van der Waals surface area contributed by atoms with Gasteiger partial charge in [-0.05, 0) is 53.2 Å². The third-order valence-corrected chi connectivity index (χ3v) is 4.78. The molecule has 0 saturated carbocycles. The number of nitrogens with zero attached hydrogens (tertiary/aromatic N) is 1. The lowest BCUT2D eigenvalue weighted by Gasteiger charge is -2.10. The fraction of sp³-hybridized carbons (Fsp3) is 0.0769. The second-order valence-corrected chi connectivity index (χ2v) is 6.73. The molecule has 0 saturated heterocycles. The van der Waals surface area contributed by atoms with E-state index in [1.54, 1.807) is 25.3 Å². The molecule has 6 nitrogen and oxygen atoms in total. The van der Waals surface area contributed by atoms with Crippen LogP contribution in [0.4, 0.5) is 5.69 Å². The van der Waals surface area contributed by atoms with Crippen LogP contribution in [-0.2, 0) is 10.0 Å². The van der Waals surface area contributed by atoms with Gasteiger partial charge in [0.25, 0.3) is 10.0 Å². The summed E-state index contributed by atoms with van der Waals surface area (Å²) in [4.78, 5) is 14.9. The van der Waals surface area contributed by atoms with E-state index in [4.69, 9.17) is 5.11 Å². The molecular formula is C13H11BrN2O4S. The molecule has 1 aromatic carbocycles. The molecular weight excluding hydrogens is 360 g/mol. The van der Waals surface area contributed by atoms with Gasteiger partial charge in [-0.3, -0.25) is 9.71 Å². The Bertz CT molecular complexity index is 806. The Labute approximate surface area is 130 Å².